The maximum absolute atomic E-state index is 12.2. The number of anilines is 1. The van der Waals surface area contributed by atoms with E-state index in [4.69, 9.17) is 0 Å². The minimum Gasteiger partial charge on any atom is -0.434 e. The van der Waals surface area contributed by atoms with Gasteiger partial charge in [0.05, 0.1) is 5.56 Å². The van der Waals surface area contributed by atoms with E-state index >= 15 is 0 Å². The number of aryl methyl sites for hydroxylation is 1. The third kappa shape index (κ3) is 3.06. The largest absolute Gasteiger partial charge is 0.434 e. The van der Waals surface area contributed by atoms with Gasteiger partial charge in [-0.3, -0.25) is 10.1 Å². The van der Waals surface area contributed by atoms with Crippen molar-refractivity contribution in [3.05, 3.63) is 42.2 Å². The monoisotopic (exact) mass is 267 g/mol. The van der Waals surface area contributed by atoms with Crippen molar-refractivity contribution in [2.45, 2.75) is 6.61 Å². The van der Waals surface area contributed by atoms with Crippen molar-refractivity contribution in [2.24, 2.45) is 7.05 Å². The molecule has 0 aliphatic rings. The van der Waals surface area contributed by atoms with Crippen LogP contribution in [0.4, 0.5) is 14.7 Å². The average Bonchev–Trinajstić information content (AvgIpc) is 2.75. The molecule has 0 saturated heterocycles. The number of nitrogens with zero attached hydrogens (tertiary/aromatic N) is 2. The maximum Gasteiger partial charge on any atom is 0.387 e. The summed E-state index contributed by atoms with van der Waals surface area (Å²) in [5.74, 6) is -0.424. The third-order valence-electron chi connectivity index (χ3n) is 2.39. The summed E-state index contributed by atoms with van der Waals surface area (Å²) in [4.78, 5) is 15.9. The fourth-order valence-corrected chi connectivity index (χ4v) is 1.51. The molecule has 1 aromatic carbocycles. The van der Waals surface area contributed by atoms with Crippen LogP contribution >= 0.6 is 0 Å². The van der Waals surface area contributed by atoms with Crippen LogP contribution in [-0.4, -0.2) is 22.1 Å². The highest BCUT2D eigenvalue weighted by atomic mass is 19.3. The van der Waals surface area contributed by atoms with Gasteiger partial charge in [0.25, 0.3) is 5.91 Å². The number of hydrogen-bond donors (Lipinski definition) is 1. The minimum absolute atomic E-state index is 0.0193. The van der Waals surface area contributed by atoms with Crippen LogP contribution in [0, 0.1) is 0 Å². The number of para-hydroxylation sites is 1. The molecule has 2 rings (SSSR count). The number of imidazole rings is 1. The summed E-state index contributed by atoms with van der Waals surface area (Å²) in [6, 6.07) is 5.77. The van der Waals surface area contributed by atoms with E-state index in [9.17, 15) is 13.6 Å². The Morgan fingerprint density at radius 3 is 2.79 bits per heavy atom. The lowest BCUT2D eigenvalue weighted by Gasteiger charge is -2.10. The maximum atomic E-state index is 12.2. The third-order valence-corrected chi connectivity index (χ3v) is 2.39. The highest BCUT2D eigenvalue weighted by molar-refractivity contribution is 6.05. The zero-order valence-corrected chi connectivity index (χ0v) is 10.0. The molecular weight excluding hydrogens is 256 g/mol. The first-order chi connectivity index (χ1) is 9.08. The van der Waals surface area contributed by atoms with Crippen LogP contribution in [0.25, 0.3) is 0 Å². The number of rotatable bonds is 4. The average molecular weight is 267 g/mol. The summed E-state index contributed by atoms with van der Waals surface area (Å²) in [7, 11) is 1.70. The van der Waals surface area contributed by atoms with Crippen LogP contribution in [0.15, 0.2) is 36.7 Å². The van der Waals surface area contributed by atoms with E-state index in [2.05, 4.69) is 15.0 Å². The van der Waals surface area contributed by atoms with Crippen LogP contribution < -0.4 is 10.1 Å². The molecule has 1 amide bonds. The molecule has 1 aromatic heterocycles. The minimum atomic E-state index is -2.98. The Bertz CT molecular complexity index is 584. The first-order valence-electron chi connectivity index (χ1n) is 5.40. The van der Waals surface area contributed by atoms with Crippen LogP contribution in [0.5, 0.6) is 5.75 Å². The fourth-order valence-electron chi connectivity index (χ4n) is 1.51. The topological polar surface area (TPSA) is 56.2 Å². The van der Waals surface area contributed by atoms with Gasteiger partial charge in [-0.05, 0) is 12.1 Å². The second-order valence-corrected chi connectivity index (χ2v) is 3.69. The van der Waals surface area contributed by atoms with E-state index in [0.717, 1.165) is 0 Å². The van der Waals surface area contributed by atoms with Crippen LogP contribution in [0.1, 0.15) is 10.4 Å². The number of benzene rings is 1. The van der Waals surface area contributed by atoms with Gasteiger partial charge >= 0.3 is 6.61 Å². The quantitative estimate of drug-likeness (QED) is 0.924. The van der Waals surface area contributed by atoms with Crippen molar-refractivity contribution < 1.29 is 18.3 Å². The summed E-state index contributed by atoms with van der Waals surface area (Å²) in [6.45, 7) is -2.98. The summed E-state index contributed by atoms with van der Waals surface area (Å²) >= 11 is 0. The number of hydrogen-bond acceptors (Lipinski definition) is 3. The second-order valence-electron chi connectivity index (χ2n) is 3.69. The molecule has 1 N–H and O–H groups in total. The summed E-state index contributed by atoms with van der Waals surface area (Å²) in [5, 5.41) is 2.51. The Morgan fingerprint density at radius 2 is 2.16 bits per heavy atom. The highest BCUT2D eigenvalue weighted by Crippen LogP contribution is 2.21. The van der Waals surface area contributed by atoms with Gasteiger partial charge in [-0.15, -0.1) is 0 Å². The van der Waals surface area contributed by atoms with E-state index in [1.54, 1.807) is 23.9 Å². The zero-order chi connectivity index (χ0) is 13.8. The Hall–Kier alpha value is -2.44. The fraction of sp³-hybridized carbons (Fsp3) is 0.167. The molecule has 0 aliphatic carbocycles. The molecule has 19 heavy (non-hydrogen) atoms. The number of carbonyl (C=O) groups excluding carboxylic acids is 1. The van der Waals surface area contributed by atoms with Crippen molar-refractivity contribution in [1.29, 1.82) is 0 Å². The van der Waals surface area contributed by atoms with Crippen molar-refractivity contribution >= 4 is 11.9 Å². The lowest BCUT2D eigenvalue weighted by atomic mass is 10.2. The van der Waals surface area contributed by atoms with E-state index in [1.165, 1.54) is 24.4 Å². The molecule has 0 atom stereocenters. The summed E-state index contributed by atoms with van der Waals surface area (Å²) in [6.07, 6.45) is 3.16. The number of alkyl halides is 2. The van der Waals surface area contributed by atoms with Gasteiger partial charge in [0, 0.05) is 19.4 Å². The molecule has 0 bridgehead atoms. The molecule has 0 aliphatic heterocycles. The summed E-state index contributed by atoms with van der Waals surface area (Å²) in [5.41, 5.74) is 0.0193. The van der Waals surface area contributed by atoms with Gasteiger partial charge in [-0.2, -0.15) is 8.78 Å². The molecule has 0 unspecified atom stereocenters. The van der Waals surface area contributed by atoms with Crippen molar-refractivity contribution in [1.82, 2.24) is 9.55 Å². The first-order valence-corrected chi connectivity index (χ1v) is 5.40. The number of amides is 1. The van der Waals surface area contributed by atoms with E-state index in [-0.39, 0.29) is 11.3 Å². The number of ether oxygens (including phenoxy) is 1. The highest BCUT2D eigenvalue weighted by Gasteiger charge is 2.16. The molecule has 0 spiro atoms. The molecular formula is C12H11F2N3O2. The van der Waals surface area contributed by atoms with Crippen LogP contribution in [0.2, 0.25) is 0 Å². The van der Waals surface area contributed by atoms with Crippen molar-refractivity contribution in [3.63, 3.8) is 0 Å². The Morgan fingerprint density at radius 1 is 1.42 bits per heavy atom. The summed E-state index contributed by atoms with van der Waals surface area (Å²) < 4.78 is 30.4. The van der Waals surface area contributed by atoms with Gasteiger partial charge < -0.3 is 9.30 Å². The van der Waals surface area contributed by atoms with Gasteiger partial charge in [0.2, 0.25) is 5.95 Å². The molecule has 0 fully saturated rings. The number of nitrogens with one attached hydrogen (secondary N) is 1. The first kappa shape index (κ1) is 13.0. The molecule has 2 aromatic rings. The molecule has 5 nitrogen and oxygen atoms in total. The standard InChI is InChI=1S/C12H11F2N3O2/c1-17-7-6-15-12(17)16-10(18)8-4-2-3-5-9(8)19-11(13)14/h2-7,11H,1H3,(H,15,16,18). The second kappa shape index (κ2) is 5.47. The molecule has 100 valence electrons. The number of halogens is 2. The van der Waals surface area contributed by atoms with Gasteiger partial charge in [-0.25, -0.2) is 4.98 Å². The lowest BCUT2D eigenvalue weighted by molar-refractivity contribution is -0.0501. The molecule has 1 heterocycles. The van der Waals surface area contributed by atoms with E-state index in [1.807, 2.05) is 0 Å². The van der Waals surface area contributed by atoms with E-state index < -0.39 is 12.5 Å². The molecule has 0 saturated carbocycles. The smallest absolute Gasteiger partial charge is 0.387 e. The van der Waals surface area contributed by atoms with Crippen LogP contribution in [0.3, 0.4) is 0 Å². The normalized spacial score (nSPS) is 10.5. The molecule has 0 radical (unpaired) electrons. The Kier molecular flexibility index (Phi) is 3.74. The predicted octanol–water partition coefficient (Wildman–Crippen LogP) is 2.27. The Balaban J connectivity index is 2.21. The number of aromatic nitrogens is 2. The van der Waals surface area contributed by atoms with Gasteiger partial charge in [0.15, 0.2) is 0 Å². The Labute approximate surface area is 107 Å². The van der Waals surface area contributed by atoms with Crippen molar-refractivity contribution in [3.8, 4) is 5.75 Å². The van der Waals surface area contributed by atoms with Crippen LogP contribution in [-0.2, 0) is 7.05 Å². The zero-order valence-electron chi connectivity index (χ0n) is 10.0. The number of carbonyl (C=O) groups is 1. The molecule has 7 heteroatoms. The lowest BCUT2D eigenvalue weighted by Crippen LogP contribution is -2.17. The van der Waals surface area contributed by atoms with E-state index in [0.29, 0.717) is 5.95 Å². The van der Waals surface area contributed by atoms with Crippen molar-refractivity contribution in [2.75, 3.05) is 5.32 Å². The van der Waals surface area contributed by atoms with Gasteiger partial charge in [0.1, 0.15) is 5.75 Å². The predicted molar refractivity (Wildman–Crippen MR) is 64.2 cm³/mol. The van der Waals surface area contributed by atoms with Gasteiger partial charge in [-0.1, -0.05) is 12.1 Å². The SMILES string of the molecule is Cn1ccnc1NC(=O)c1ccccc1OC(F)F.